The molecule has 1 fully saturated rings. The van der Waals surface area contributed by atoms with Crippen molar-refractivity contribution >= 4 is 17.5 Å². The molecule has 2 aromatic carbocycles. The third-order valence-electron chi connectivity index (χ3n) is 7.04. The van der Waals surface area contributed by atoms with Crippen LogP contribution in [0.3, 0.4) is 0 Å². The SMILES string of the molecule is CCC(C)(C)C(=O)N1CCC(C(CCc2ccc(C#N)c(Cl)c2)Cc2ccccc2F)C1. The van der Waals surface area contributed by atoms with Crippen molar-refractivity contribution < 1.29 is 9.18 Å². The Balaban J connectivity index is 1.76. The lowest BCUT2D eigenvalue weighted by Crippen LogP contribution is -2.39. The van der Waals surface area contributed by atoms with Crippen LogP contribution in [0.5, 0.6) is 0 Å². The van der Waals surface area contributed by atoms with Gasteiger partial charge in [0.25, 0.3) is 0 Å². The maximum Gasteiger partial charge on any atom is 0.228 e. The molecule has 2 atom stereocenters. The molecule has 3 rings (SSSR count). The Kier molecular flexibility index (Phi) is 7.96. The molecular weight excluding hydrogens is 423 g/mol. The Morgan fingerprint density at radius 2 is 2.06 bits per heavy atom. The number of likely N-dealkylation sites (tertiary alicyclic amines) is 1. The van der Waals surface area contributed by atoms with Crippen LogP contribution in [-0.4, -0.2) is 23.9 Å². The minimum atomic E-state index is -0.352. The maximum atomic E-state index is 14.4. The van der Waals surface area contributed by atoms with E-state index in [1.165, 1.54) is 6.07 Å². The zero-order valence-corrected chi connectivity index (χ0v) is 20.0. The number of rotatable bonds is 8. The summed E-state index contributed by atoms with van der Waals surface area (Å²) in [6.07, 6.45) is 4.08. The van der Waals surface area contributed by atoms with E-state index in [-0.39, 0.29) is 23.1 Å². The number of hydrogen-bond donors (Lipinski definition) is 0. The molecule has 1 saturated heterocycles. The molecule has 1 amide bonds. The standard InChI is InChI=1S/C27H32ClFN2O/c1-4-27(2,3)26(32)31-14-13-23(18-31)20(16-21-7-5-6-8-25(21)29)11-9-19-10-12-22(17-30)24(28)15-19/h5-8,10,12,15,20,23H,4,9,11,13-14,16,18H2,1-3H3. The third kappa shape index (κ3) is 5.70. The molecule has 0 aliphatic carbocycles. The van der Waals surface area contributed by atoms with E-state index < -0.39 is 0 Å². The average molecular weight is 455 g/mol. The van der Waals surface area contributed by atoms with Gasteiger partial charge in [0.15, 0.2) is 0 Å². The van der Waals surface area contributed by atoms with Crippen LogP contribution in [-0.2, 0) is 17.6 Å². The highest BCUT2D eigenvalue weighted by Crippen LogP contribution is 2.34. The number of amides is 1. The number of aryl methyl sites for hydroxylation is 1. The second-order valence-electron chi connectivity index (χ2n) is 9.56. The van der Waals surface area contributed by atoms with E-state index >= 15 is 0 Å². The van der Waals surface area contributed by atoms with Gasteiger partial charge in [0.1, 0.15) is 11.9 Å². The number of nitriles is 1. The van der Waals surface area contributed by atoms with Gasteiger partial charge >= 0.3 is 0 Å². The summed E-state index contributed by atoms with van der Waals surface area (Å²) in [6.45, 7) is 7.57. The number of halogens is 2. The quantitative estimate of drug-likeness (QED) is 0.461. The first kappa shape index (κ1) is 24.3. The zero-order chi connectivity index (χ0) is 23.3. The lowest BCUT2D eigenvalue weighted by atomic mass is 9.82. The molecule has 1 heterocycles. The summed E-state index contributed by atoms with van der Waals surface area (Å²) in [5.41, 5.74) is 1.93. The largest absolute Gasteiger partial charge is 0.342 e. The maximum absolute atomic E-state index is 14.4. The molecule has 0 bridgehead atoms. The molecule has 0 spiro atoms. The van der Waals surface area contributed by atoms with Crippen molar-refractivity contribution in [3.63, 3.8) is 0 Å². The highest BCUT2D eigenvalue weighted by atomic mass is 35.5. The Bertz CT molecular complexity index is 997. The van der Waals surface area contributed by atoms with Crippen LogP contribution in [0.1, 0.15) is 56.7 Å². The number of carbonyl (C=O) groups is 1. The van der Waals surface area contributed by atoms with Crippen molar-refractivity contribution in [2.75, 3.05) is 13.1 Å². The van der Waals surface area contributed by atoms with E-state index in [2.05, 4.69) is 13.0 Å². The number of nitrogens with zero attached hydrogens (tertiary/aromatic N) is 2. The monoisotopic (exact) mass is 454 g/mol. The van der Waals surface area contributed by atoms with Gasteiger partial charge in [-0.2, -0.15) is 5.26 Å². The fourth-order valence-corrected chi connectivity index (χ4v) is 4.79. The van der Waals surface area contributed by atoms with Crippen LogP contribution in [0.25, 0.3) is 0 Å². The van der Waals surface area contributed by atoms with Gasteiger partial charge in [0.05, 0.1) is 10.6 Å². The third-order valence-corrected chi connectivity index (χ3v) is 7.35. The van der Waals surface area contributed by atoms with E-state index in [0.717, 1.165) is 49.9 Å². The molecule has 32 heavy (non-hydrogen) atoms. The van der Waals surface area contributed by atoms with E-state index in [9.17, 15) is 9.18 Å². The lowest BCUT2D eigenvalue weighted by molar-refractivity contribution is -0.139. The molecule has 0 N–H and O–H groups in total. The zero-order valence-electron chi connectivity index (χ0n) is 19.2. The molecule has 1 aliphatic heterocycles. The van der Waals surface area contributed by atoms with Gasteiger partial charge in [-0.3, -0.25) is 4.79 Å². The highest BCUT2D eigenvalue weighted by Gasteiger charge is 2.37. The smallest absolute Gasteiger partial charge is 0.228 e. The summed E-state index contributed by atoms with van der Waals surface area (Å²) < 4.78 is 14.4. The van der Waals surface area contributed by atoms with E-state index in [1.807, 2.05) is 43.0 Å². The summed E-state index contributed by atoms with van der Waals surface area (Å²) in [7, 11) is 0. The minimum Gasteiger partial charge on any atom is -0.342 e. The van der Waals surface area contributed by atoms with Crippen LogP contribution >= 0.6 is 11.6 Å². The molecular formula is C27H32ClFN2O. The Morgan fingerprint density at radius 3 is 2.72 bits per heavy atom. The lowest BCUT2D eigenvalue weighted by Gasteiger charge is -2.29. The first-order valence-corrected chi connectivity index (χ1v) is 11.8. The summed E-state index contributed by atoms with van der Waals surface area (Å²) >= 11 is 6.22. The van der Waals surface area contributed by atoms with Gasteiger partial charge in [-0.15, -0.1) is 0 Å². The number of carbonyl (C=O) groups excluding carboxylic acids is 1. The molecule has 170 valence electrons. The normalized spacial score (nSPS) is 17.2. The fourth-order valence-electron chi connectivity index (χ4n) is 4.54. The second kappa shape index (κ2) is 10.5. The van der Waals surface area contributed by atoms with E-state index in [1.54, 1.807) is 12.1 Å². The predicted octanol–water partition coefficient (Wildman–Crippen LogP) is 6.43. The van der Waals surface area contributed by atoms with Crippen LogP contribution in [0.15, 0.2) is 42.5 Å². The average Bonchev–Trinajstić information content (AvgIpc) is 3.27. The Labute approximate surface area is 196 Å². The molecule has 1 aliphatic rings. The van der Waals surface area contributed by atoms with Gasteiger partial charge in [-0.25, -0.2) is 4.39 Å². The van der Waals surface area contributed by atoms with Crippen LogP contribution in [0, 0.1) is 34.4 Å². The molecule has 2 unspecified atom stereocenters. The number of hydrogen-bond acceptors (Lipinski definition) is 2. The van der Waals surface area contributed by atoms with Crippen molar-refractivity contribution in [2.45, 2.75) is 52.9 Å². The second-order valence-corrected chi connectivity index (χ2v) is 9.96. The van der Waals surface area contributed by atoms with Crippen molar-refractivity contribution in [3.05, 3.63) is 70.0 Å². The molecule has 3 nitrogen and oxygen atoms in total. The molecule has 0 radical (unpaired) electrons. The first-order chi connectivity index (χ1) is 15.2. The van der Waals surface area contributed by atoms with Gasteiger partial charge < -0.3 is 4.90 Å². The Morgan fingerprint density at radius 1 is 1.31 bits per heavy atom. The summed E-state index contributed by atoms with van der Waals surface area (Å²) in [5.74, 6) is 0.631. The molecule has 5 heteroatoms. The summed E-state index contributed by atoms with van der Waals surface area (Å²) in [5, 5.41) is 9.57. The van der Waals surface area contributed by atoms with Gasteiger partial charge in [0, 0.05) is 18.5 Å². The van der Waals surface area contributed by atoms with Crippen molar-refractivity contribution in [1.29, 1.82) is 5.26 Å². The Hall–Kier alpha value is -2.38. The highest BCUT2D eigenvalue weighted by molar-refractivity contribution is 6.31. The summed E-state index contributed by atoms with van der Waals surface area (Å²) in [6, 6.07) is 14.6. The van der Waals surface area contributed by atoms with Crippen molar-refractivity contribution in [2.24, 2.45) is 17.3 Å². The van der Waals surface area contributed by atoms with Gasteiger partial charge in [-0.1, -0.05) is 56.6 Å². The van der Waals surface area contributed by atoms with Gasteiger partial charge in [0.2, 0.25) is 5.91 Å². The van der Waals surface area contributed by atoms with Crippen molar-refractivity contribution in [3.8, 4) is 6.07 Å². The topological polar surface area (TPSA) is 44.1 Å². The number of benzene rings is 2. The molecule has 2 aromatic rings. The minimum absolute atomic E-state index is 0.169. The van der Waals surface area contributed by atoms with E-state index in [4.69, 9.17) is 16.9 Å². The molecule has 0 aromatic heterocycles. The van der Waals surface area contributed by atoms with Crippen LogP contribution in [0.2, 0.25) is 5.02 Å². The van der Waals surface area contributed by atoms with E-state index in [0.29, 0.717) is 22.9 Å². The predicted molar refractivity (Wildman–Crippen MR) is 127 cm³/mol. The first-order valence-electron chi connectivity index (χ1n) is 11.5. The van der Waals surface area contributed by atoms with Crippen LogP contribution < -0.4 is 0 Å². The van der Waals surface area contributed by atoms with Gasteiger partial charge in [-0.05, 0) is 73.3 Å². The van der Waals surface area contributed by atoms with Crippen molar-refractivity contribution in [1.82, 2.24) is 4.90 Å². The molecule has 0 saturated carbocycles. The fraction of sp³-hybridized carbons (Fsp3) is 0.481. The van der Waals surface area contributed by atoms with Crippen LogP contribution in [0.4, 0.5) is 4.39 Å². The summed E-state index contributed by atoms with van der Waals surface area (Å²) in [4.78, 5) is 15.0.